The molecule has 19 heavy (non-hydrogen) atoms. The molecule has 0 aliphatic heterocycles. The first-order valence-electron chi connectivity index (χ1n) is 5.83. The van der Waals surface area contributed by atoms with E-state index in [0.29, 0.717) is 11.5 Å². The molecule has 7 nitrogen and oxygen atoms in total. The fourth-order valence-electron chi connectivity index (χ4n) is 1.99. The Bertz CT molecular complexity index is 693. The Labute approximate surface area is 110 Å². The molecule has 0 radical (unpaired) electrons. The summed E-state index contributed by atoms with van der Waals surface area (Å²) in [5.74, 6) is 0.564. The van der Waals surface area contributed by atoms with Gasteiger partial charge in [-0.3, -0.25) is 4.57 Å². The van der Waals surface area contributed by atoms with Gasteiger partial charge < -0.3 is 5.73 Å². The first kappa shape index (κ1) is 12.7. The van der Waals surface area contributed by atoms with Gasteiger partial charge in [0.05, 0.1) is 11.4 Å². The van der Waals surface area contributed by atoms with E-state index in [1.807, 2.05) is 19.1 Å². The number of anilines is 1. The van der Waals surface area contributed by atoms with Gasteiger partial charge in [0.1, 0.15) is 18.5 Å². The lowest BCUT2D eigenvalue weighted by molar-refractivity contribution is 0.706. The highest BCUT2D eigenvalue weighted by molar-refractivity contribution is 5.60. The summed E-state index contributed by atoms with van der Waals surface area (Å²) in [6, 6.07) is 3.85. The molecule has 2 aromatic rings. The smallest absolute Gasteiger partial charge is 0.177 e. The van der Waals surface area contributed by atoms with Crippen LogP contribution < -0.4 is 5.73 Å². The summed E-state index contributed by atoms with van der Waals surface area (Å²) in [6.45, 7) is 2.04. The van der Waals surface area contributed by atoms with Crippen LogP contribution in [0.25, 0.3) is 5.82 Å². The Morgan fingerprint density at radius 3 is 2.68 bits per heavy atom. The van der Waals surface area contributed by atoms with Gasteiger partial charge in [-0.25, -0.2) is 9.67 Å². The molecule has 0 fully saturated rings. The molecular formula is C12H13N7. The van der Waals surface area contributed by atoms with E-state index in [1.165, 1.54) is 10.9 Å². The molecule has 0 saturated heterocycles. The van der Waals surface area contributed by atoms with Crippen molar-refractivity contribution in [2.75, 3.05) is 5.73 Å². The molecular weight excluding hydrogens is 242 g/mol. The second-order valence-electron chi connectivity index (χ2n) is 4.09. The van der Waals surface area contributed by atoms with Crippen molar-refractivity contribution in [2.24, 2.45) is 7.05 Å². The number of imidazole rings is 1. The lowest BCUT2D eigenvalue weighted by Gasteiger charge is -2.05. The Morgan fingerprint density at radius 1 is 1.37 bits per heavy atom. The van der Waals surface area contributed by atoms with Crippen molar-refractivity contribution in [1.82, 2.24) is 19.3 Å². The van der Waals surface area contributed by atoms with Gasteiger partial charge in [0.25, 0.3) is 0 Å². The Balaban J connectivity index is 2.64. The average molecular weight is 255 g/mol. The SMILES string of the molecule is CCCc1nn(C)c(-n2cnc(C#N)c2C#N)c1N. The Morgan fingerprint density at radius 2 is 2.11 bits per heavy atom. The predicted octanol–water partition coefficient (Wildman–Crippen LogP) is 0.884. The topological polar surface area (TPSA) is 109 Å². The standard InChI is InChI=1S/C12H13N7/c1-3-4-8-11(15)12(18(2)17-8)19-7-16-9(5-13)10(19)6-14/h7H,3-4,15H2,1-2H3. The minimum absolute atomic E-state index is 0.0835. The fourth-order valence-corrected chi connectivity index (χ4v) is 1.99. The van der Waals surface area contributed by atoms with E-state index in [2.05, 4.69) is 10.1 Å². The minimum Gasteiger partial charge on any atom is -0.394 e. The van der Waals surface area contributed by atoms with Gasteiger partial charge in [-0.1, -0.05) is 13.3 Å². The molecule has 96 valence electrons. The normalized spacial score (nSPS) is 10.1. The van der Waals surface area contributed by atoms with Crippen LogP contribution in [-0.2, 0) is 13.5 Å². The quantitative estimate of drug-likeness (QED) is 0.875. The molecule has 0 unspecified atom stereocenters. The van der Waals surface area contributed by atoms with Crippen LogP contribution in [0.3, 0.4) is 0 Å². The minimum atomic E-state index is 0.0835. The number of nitrogen functional groups attached to an aromatic ring is 1. The molecule has 0 bridgehead atoms. The summed E-state index contributed by atoms with van der Waals surface area (Å²) in [5, 5.41) is 22.4. The molecule has 0 spiro atoms. The highest BCUT2D eigenvalue weighted by Gasteiger charge is 2.19. The van der Waals surface area contributed by atoms with Gasteiger partial charge in [-0.2, -0.15) is 15.6 Å². The largest absolute Gasteiger partial charge is 0.394 e. The molecule has 0 saturated carbocycles. The van der Waals surface area contributed by atoms with E-state index in [1.54, 1.807) is 11.7 Å². The van der Waals surface area contributed by atoms with Gasteiger partial charge >= 0.3 is 0 Å². The van der Waals surface area contributed by atoms with Crippen LogP contribution in [0.2, 0.25) is 0 Å². The van der Waals surface area contributed by atoms with Crippen LogP contribution in [0.1, 0.15) is 30.4 Å². The molecule has 0 atom stereocenters. The first-order chi connectivity index (χ1) is 9.13. The summed E-state index contributed by atoms with van der Waals surface area (Å²) < 4.78 is 3.10. The number of hydrogen-bond acceptors (Lipinski definition) is 5. The van der Waals surface area contributed by atoms with E-state index < -0.39 is 0 Å². The van der Waals surface area contributed by atoms with Gasteiger partial charge in [-0.05, 0) is 6.42 Å². The molecule has 2 aromatic heterocycles. The van der Waals surface area contributed by atoms with Crippen LogP contribution in [0.15, 0.2) is 6.33 Å². The summed E-state index contributed by atoms with van der Waals surface area (Å²) in [4.78, 5) is 3.90. The molecule has 2 rings (SSSR count). The number of nitrogens with two attached hydrogens (primary N) is 1. The number of nitriles is 2. The predicted molar refractivity (Wildman–Crippen MR) is 68.2 cm³/mol. The van der Waals surface area contributed by atoms with E-state index in [4.69, 9.17) is 16.3 Å². The van der Waals surface area contributed by atoms with Gasteiger partial charge in [0.2, 0.25) is 0 Å². The summed E-state index contributed by atoms with van der Waals surface area (Å²) >= 11 is 0. The maximum Gasteiger partial charge on any atom is 0.177 e. The zero-order valence-electron chi connectivity index (χ0n) is 10.8. The van der Waals surface area contributed by atoms with Crippen molar-refractivity contribution in [2.45, 2.75) is 19.8 Å². The second kappa shape index (κ2) is 4.83. The molecule has 0 aliphatic rings. The van der Waals surface area contributed by atoms with Crippen molar-refractivity contribution < 1.29 is 0 Å². The van der Waals surface area contributed by atoms with Crippen LogP contribution >= 0.6 is 0 Å². The molecule has 2 heterocycles. The van der Waals surface area contributed by atoms with E-state index >= 15 is 0 Å². The number of nitrogens with zero attached hydrogens (tertiary/aromatic N) is 6. The van der Waals surface area contributed by atoms with Gasteiger partial charge in [-0.15, -0.1) is 0 Å². The maximum absolute atomic E-state index is 9.14. The van der Waals surface area contributed by atoms with Crippen molar-refractivity contribution >= 4 is 5.69 Å². The zero-order valence-corrected chi connectivity index (χ0v) is 10.8. The second-order valence-corrected chi connectivity index (χ2v) is 4.09. The zero-order chi connectivity index (χ0) is 14.0. The van der Waals surface area contributed by atoms with Crippen LogP contribution in [0, 0.1) is 22.7 Å². The van der Waals surface area contributed by atoms with Crippen LogP contribution in [0.4, 0.5) is 5.69 Å². The number of aromatic nitrogens is 4. The lowest BCUT2D eigenvalue weighted by atomic mass is 10.2. The monoisotopic (exact) mass is 255 g/mol. The summed E-state index contributed by atoms with van der Waals surface area (Å²) in [5.41, 5.74) is 7.63. The third kappa shape index (κ3) is 1.91. The van der Waals surface area contributed by atoms with Crippen molar-refractivity contribution in [3.63, 3.8) is 0 Å². The molecule has 7 heteroatoms. The number of aryl methyl sites for hydroxylation is 2. The third-order valence-electron chi connectivity index (χ3n) is 2.82. The number of hydrogen-bond donors (Lipinski definition) is 1. The first-order valence-corrected chi connectivity index (χ1v) is 5.83. The van der Waals surface area contributed by atoms with E-state index in [9.17, 15) is 0 Å². The summed E-state index contributed by atoms with van der Waals surface area (Å²) in [7, 11) is 1.75. The fraction of sp³-hybridized carbons (Fsp3) is 0.333. The summed E-state index contributed by atoms with van der Waals surface area (Å²) in [6.07, 6.45) is 3.11. The third-order valence-corrected chi connectivity index (χ3v) is 2.82. The van der Waals surface area contributed by atoms with E-state index in [0.717, 1.165) is 18.5 Å². The van der Waals surface area contributed by atoms with Crippen LogP contribution in [0.5, 0.6) is 0 Å². The maximum atomic E-state index is 9.14. The van der Waals surface area contributed by atoms with Gasteiger partial charge in [0, 0.05) is 7.05 Å². The van der Waals surface area contributed by atoms with E-state index in [-0.39, 0.29) is 11.4 Å². The van der Waals surface area contributed by atoms with Gasteiger partial charge in [0.15, 0.2) is 17.2 Å². The highest BCUT2D eigenvalue weighted by atomic mass is 15.3. The lowest BCUT2D eigenvalue weighted by Crippen LogP contribution is -2.06. The Kier molecular flexibility index (Phi) is 3.21. The molecule has 0 amide bonds. The molecule has 0 aliphatic carbocycles. The highest BCUT2D eigenvalue weighted by Crippen LogP contribution is 2.24. The van der Waals surface area contributed by atoms with Crippen molar-refractivity contribution in [3.8, 4) is 18.0 Å². The Hall–Kier alpha value is -2.80. The average Bonchev–Trinajstić information content (AvgIpc) is 2.91. The van der Waals surface area contributed by atoms with Crippen LogP contribution in [-0.4, -0.2) is 19.3 Å². The molecule has 2 N–H and O–H groups in total. The van der Waals surface area contributed by atoms with Crippen molar-refractivity contribution in [3.05, 3.63) is 23.4 Å². The molecule has 0 aromatic carbocycles. The van der Waals surface area contributed by atoms with Crippen molar-refractivity contribution in [1.29, 1.82) is 10.5 Å². The number of rotatable bonds is 3.